The van der Waals surface area contributed by atoms with E-state index >= 15 is 0 Å². The number of hydrogen-bond acceptors (Lipinski definition) is 6. The van der Waals surface area contributed by atoms with E-state index in [1.807, 2.05) is 80.6 Å². The fourth-order valence-corrected chi connectivity index (χ4v) is 5.51. The van der Waals surface area contributed by atoms with Gasteiger partial charge in [-0.05, 0) is 62.4 Å². The quantitative estimate of drug-likeness (QED) is 0.285. The maximum Gasteiger partial charge on any atom is 0.329 e. The van der Waals surface area contributed by atoms with Crippen molar-refractivity contribution in [3.8, 4) is 11.5 Å². The van der Waals surface area contributed by atoms with Gasteiger partial charge in [-0.15, -0.1) is 10.2 Å². The fourth-order valence-electron chi connectivity index (χ4n) is 5.32. The summed E-state index contributed by atoms with van der Waals surface area (Å²) in [6.45, 7) is 7.23. The van der Waals surface area contributed by atoms with Crippen LogP contribution >= 0.6 is 11.6 Å². The summed E-state index contributed by atoms with van der Waals surface area (Å²) in [6.07, 6.45) is 0. The van der Waals surface area contributed by atoms with Crippen LogP contribution in [0.3, 0.4) is 0 Å². The Morgan fingerprint density at radius 1 is 0.854 bits per heavy atom. The van der Waals surface area contributed by atoms with Crippen LogP contribution in [-0.2, 0) is 13.1 Å². The standard InChI is InChI=1S/C30H30ClN7O3/c1-3-37-25-18-23-24(19-26(25)38(4-2)30(37)40)28(34-33-27(23)31)35-14-16-36(17-15-35)29(39)32-20-10-12-22(13-11-20)41-21-8-6-5-7-9-21/h5-13,18-19H,3-4,14-17H2,1-2H3,(H,32,39). The van der Waals surface area contributed by atoms with E-state index in [1.54, 1.807) is 14.0 Å². The predicted molar refractivity (Wildman–Crippen MR) is 161 cm³/mol. The molecule has 1 aliphatic heterocycles. The number of hydrogen-bond donors (Lipinski definition) is 1. The van der Waals surface area contributed by atoms with E-state index in [4.69, 9.17) is 16.3 Å². The van der Waals surface area contributed by atoms with Crippen LogP contribution in [0.1, 0.15) is 13.8 Å². The minimum absolute atomic E-state index is 0.0446. The average Bonchev–Trinajstić information content (AvgIpc) is 3.27. The van der Waals surface area contributed by atoms with Gasteiger partial charge in [-0.2, -0.15) is 0 Å². The van der Waals surface area contributed by atoms with Crippen molar-refractivity contribution in [3.05, 3.63) is 82.4 Å². The molecule has 10 nitrogen and oxygen atoms in total. The number of amides is 2. The molecule has 0 spiro atoms. The molecule has 0 saturated carbocycles. The number of benzene rings is 3. The smallest absolute Gasteiger partial charge is 0.329 e. The number of ether oxygens (including phenoxy) is 1. The highest BCUT2D eigenvalue weighted by Crippen LogP contribution is 2.33. The lowest BCUT2D eigenvalue weighted by atomic mass is 10.1. The van der Waals surface area contributed by atoms with Gasteiger partial charge in [-0.3, -0.25) is 9.13 Å². The molecule has 6 rings (SSSR count). The first kappa shape index (κ1) is 26.6. The third kappa shape index (κ3) is 5.06. The zero-order chi connectivity index (χ0) is 28.5. The van der Waals surface area contributed by atoms with Gasteiger partial charge in [-0.25, -0.2) is 9.59 Å². The third-order valence-corrected chi connectivity index (χ3v) is 7.72. The number of piperazine rings is 1. The molecule has 1 N–H and O–H groups in total. The molecule has 1 fully saturated rings. The molecule has 3 aromatic carbocycles. The molecular formula is C30H30ClN7O3. The summed E-state index contributed by atoms with van der Waals surface area (Å²) in [6, 6.07) is 20.6. The highest BCUT2D eigenvalue weighted by Gasteiger charge is 2.25. The van der Waals surface area contributed by atoms with Crippen molar-refractivity contribution in [2.45, 2.75) is 26.9 Å². The highest BCUT2D eigenvalue weighted by atomic mass is 35.5. The Bertz CT molecular complexity index is 1780. The van der Waals surface area contributed by atoms with E-state index < -0.39 is 0 Å². The second-order valence-electron chi connectivity index (χ2n) is 9.82. The summed E-state index contributed by atoms with van der Waals surface area (Å²) >= 11 is 6.48. The van der Waals surface area contributed by atoms with Gasteiger partial charge >= 0.3 is 11.7 Å². The first-order valence-electron chi connectivity index (χ1n) is 13.7. The summed E-state index contributed by atoms with van der Waals surface area (Å²) in [5, 5.41) is 13.5. The Labute approximate surface area is 241 Å². The molecule has 11 heteroatoms. The van der Waals surface area contributed by atoms with Crippen molar-refractivity contribution in [1.29, 1.82) is 0 Å². The lowest BCUT2D eigenvalue weighted by Crippen LogP contribution is -2.50. The molecule has 5 aromatic rings. The average molecular weight is 572 g/mol. The van der Waals surface area contributed by atoms with Crippen LogP contribution in [0.4, 0.5) is 16.3 Å². The van der Waals surface area contributed by atoms with Gasteiger partial charge in [0, 0.05) is 55.7 Å². The van der Waals surface area contributed by atoms with E-state index in [0.29, 0.717) is 61.7 Å². The zero-order valence-electron chi connectivity index (χ0n) is 22.9. The number of urea groups is 1. The molecule has 0 bridgehead atoms. The molecule has 0 unspecified atom stereocenters. The van der Waals surface area contributed by atoms with Crippen molar-refractivity contribution in [1.82, 2.24) is 24.2 Å². The maximum absolute atomic E-state index is 13.0. The number of aromatic nitrogens is 4. The zero-order valence-corrected chi connectivity index (χ0v) is 23.6. The molecule has 0 aliphatic carbocycles. The van der Waals surface area contributed by atoms with Crippen LogP contribution in [-0.4, -0.2) is 56.4 Å². The number of fused-ring (bicyclic) bond motifs is 2. The number of nitrogens with zero attached hydrogens (tertiary/aromatic N) is 6. The Kier molecular flexibility index (Phi) is 7.23. The van der Waals surface area contributed by atoms with E-state index in [1.165, 1.54) is 0 Å². The summed E-state index contributed by atoms with van der Waals surface area (Å²) in [7, 11) is 0. The number of para-hydroxylation sites is 1. The minimum atomic E-state index is -0.164. The van der Waals surface area contributed by atoms with Crippen molar-refractivity contribution in [2.75, 3.05) is 36.4 Å². The Morgan fingerprint density at radius 2 is 1.46 bits per heavy atom. The normalized spacial score (nSPS) is 13.6. The number of halogens is 1. The number of imidazole rings is 1. The predicted octanol–water partition coefficient (Wildman–Crippen LogP) is 5.59. The number of aryl methyl sites for hydroxylation is 2. The van der Waals surface area contributed by atoms with Gasteiger partial charge in [0.05, 0.1) is 11.0 Å². The van der Waals surface area contributed by atoms with Crippen LogP contribution in [0.25, 0.3) is 21.8 Å². The van der Waals surface area contributed by atoms with Gasteiger partial charge in [0.15, 0.2) is 11.0 Å². The second kappa shape index (κ2) is 11.1. The number of carbonyl (C=O) groups is 1. The lowest BCUT2D eigenvalue weighted by molar-refractivity contribution is 0.208. The molecule has 0 atom stereocenters. The molecule has 1 saturated heterocycles. The number of rotatable bonds is 6. The van der Waals surface area contributed by atoms with E-state index in [-0.39, 0.29) is 11.7 Å². The Morgan fingerprint density at radius 3 is 2.10 bits per heavy atom. The topological polar surface area (TPSA) is 97.5 Å². The summed E-state index contributed by atoms with van der Waals surface area (Å²) in [5.74, 6) is 2.14. The molecular weight excluding hydrogens is 542 g/mol. The Hall–Kier alpha value is -4.57. The van der Waals surface area contributed by atoms with E-state index in [2.05, 4.69) is 20.4 Å². The molecule has 1 aliphatic rings. The van der Waals surface area contributed by atoms with Crippen LogP contribution in [0, 0.1) is 0 Å². The minimum Gasteiger partial charge on any atom is -0.457 e. The summed E-state index contributed by atoms with van der Waals surface area (Å²) in [4.78, 5) is 29.8. The van der Waals surface area contributed by atoms with Crippen molar-refractivity contribution < 1.29 is 9.53 Å². The van der Waals surface area contributed by atoms with Crippen LogP contribution in [0.15, 0.2) is 71.5 Å². The van der Waals surface area contributed by atoms with Crippen molar-refractivity contribution >= 4 is 50.9 Å². The van der Waals surface area contributed by atoms with Gasteiger partial charge in [0.2, 0.25) is 0 Å². The van der Waals surface area contributed by atoms with Gasteiger partial charge in [-0.1, -0.05) is 29.8 Å². The summed E-state index contributed by atoms with van der Waals surface area (Å²) in [5.41, 5.74) is 2.32. The molecule has 3 heterocycles. The van der Waals surface area contributed by atoms with Gasteiger partial charge < -0.3 is 19.9 Å². The largest absolute Gasteiger partial charge is 0.457 e. The third-order valence-electron chi connectivity index (χ3n) is 7.44. The molecule has 0 radical (unpaired) electrons. The number of carbonyl (C=O) groups excluding carboxylic acids is 1. The molecule has 2 amide bonds. The molecule has 2 aromatic heterocycles. The fraction of sp³-hybridized carbons (Fsp3) is 0.267. The highest BCUT2D eigenvalue weighted by molar-refractivity contribution is 6.35. The van der Waals surface area contributed by atoms with E-state index in [9.17, 15) is 9.59 Å². The van der Waals surface area contributed by atoms with Crippen molar-refractivity contribution in [3.63, 3.8) is 0 Å². The van der Waals surface area contributed by atoms with Crippen LogP contribution in [0.5, 0.6) is 11.5 Å². The lowest BCUT2D eigenvalue weighted by Gasteiger charge is -2.35. The first-order chi connectivity index (χ1) is 20.0. The SMILES string of the molecule is CCn1c(=O)n(CC)c2cc3c(N4CCN(C(=O)Nc5ccc(Oc6ccccc6)cc5)CC4)nnc(Cl)c3cc21. The summed E-state index contributed by atoms with van der Waals surface area (Å²) < 4.78 is 9.34. The Balaban J connectivity index is 1.16. The first-order valence-corrected chi connectivity index (χ1v) is 14.1. The maximum atomic E-state index is 13.0. The number of nitrogens with one attached hydrogen (secondary N) is 1. The molecule has 41 heavy (non-hydrogen) atoms. The van der Waals surface area contributed by atoms with E-state index in [0.717, 1.165) is 27.6 Å². The van der Waals surface area contributed by atoms with Gasteiger partial charge in [0.25, 0.3) is 0 Å². The second-order valence-corrected chi connectivity index (χ2v) is 10.2. The van der Waals surface area contributed by atoms with Gasteiger partial charge in [0.1, 0.15) is 11.5 Å². The number of anilines is 2. The van der Waals surface area contributed by atoms with Crippen LogP contribution in [0.2, 0.25) is 5.15 Å². The monoisotopic (exact) mass is 571 g/mol. The molecule has 210 valence electrons. The van der Waals surface area contributed by atoms with Crippen LogP contribution < -0.4 is 20.6 Å². The van der Waals surface area contributed by atoms with Crippen molar-refractivity contribution in [2.24, 2.45) is 0 Å².